The minimum atomic E-state index is -0.259. The van der Waals surface area contributed by atoms with Gasteiger partial charge in [-0.15, -0.1) is 0 Å². The summed E-state index contributed by atoms with van der Waals surface area (Å²) in [6.07, 6.45) is 2.34. The van der Waals surface area contributed by atoms with Gasteiger partial charge in [0.25, 0.3) is 5.91 Å². The minimum absolute atomic E-state index is 0.259. The van der Waals surface area contributed by atoms with Crippen LogP contribution in [0.1, 0.15) is 16.9 Å². The number of hydrogen-bond donors (Lipinski definition) is 2. The van der Waals surface area contributed by atoms with E-state index in [1.54, 1.807) is 20.4 Å². The molecule has 0 aliphatic heterocycles. The van der Waals surface area contributed by atoms with E-state index in [1.807, 2.05) is 0 Å². The van der Waals surface area contributed by atoms with Crippen molar-refractivity contribution in [3.05, 3.63) is 11.9 Å². The summed E-state index contributed by atoms with van der Waals surface area (Å²) in [5.41, 5.74) is 6.29. The van der Waals surface area contributed by atoms with Crippen molar-refractivity contribution >= 4 is 11.6 Å². The number of amides is 1. The molecule has 0 aliphatic rings. The van der Waals surface area contributed by atoms with Gasteiger partial charge in [0.05, 0.1) is 18.9 Å². The summed E-state index contributed by atoms with van der Waals surface area (Å²) in [5.74, 6) is -0.259. The smallest absolute Gasteiger partial charge is 0.273 e. The number of aromatic nitrogens is 2. The molecule has 0 aliphatic carbocycles. The van der Waals surface area contributed by atoms with Gasteiger partial charge in [-0.2, -0.15) is 5.10 Å². The average Bonchev–Trinajstić information content (AvgIpc) is 2.67. The van der Waals surface area contributed by atoms with Crippen LogP contribution in [0.25, 0.3) is 0 Å². The molecule has 1 amide bonds. The van der Waals surface area contributed by atoms with Gasteiger partial charge in [0.15, 0.2) is 5.69 Å². The van der Waals surface area contributed by atoms with Crippen LogP contribution in [0.4, 0.5) is 5.69 Å². The Bertz CT molecular complexity index is 378. The molecular formula is C11H20N4O3. The lowest BCUT2D eigenvalue weighted by Crippen LogP contribution is -2.26. The van der Waals surface area contributed by atoms with Crippen molar-refractivity contribution in [1.82, 2.24) is 15.1 Å². The molecule has 0 spiro atoms. The molecule has 7 heteroatoms. The van der Waals surface area contributed by atoms with Crippen molar-refractivity contribution in [3.8, 4) is 0 Å². The first-order valence-electron chi connectivity index (χ1n) is 5.79. The van der Waals surface area contributed by atoms with Crippen molar-refractivity contribution in [3.63, 3.8) is 0 Å². The second kappa shape index (κ2) is 7.67. The number of carbonyl (C=O) groups excluding carboxylic acids is 1. The van der Waals surface area contributed by atoms with Crippen LogP contribution in [0.3, 0.4) is 0 Å². The Morgan fingerprint density at radius 1 is 1.50 bits per heavy atom. The molecule has 7 nitrogen and oxygen atoms in total. The average molecular weight is 256 g/mol. The number of aryl methyl sites for hydroxylation is 1. The van der Waals surface area contributed by atoms with E-state index in [9.17, 15) is 4.79 Å². The van der Waals surface area contributed by atoms with E-state index in [0.717, 1.165) is 6.42 Å². The van der Waals surface area contributed by atoms with Crippen LogP contribution in [-0.4, -0.2) is 49.2 Å². The fraction of sp³-hybridized carbons (Fsp3) is 0.636. The molecule has 1 aromatic heterocycles. The van der Waals surface area contributed by atoms with Gasteiger partial charge in [0.2, 0.25) is 0 Å². The van der Waals surface area contributed by atoms with Crippen molar-refractivity contribution < 1.29 is 14.3 Å². The molecule has 0 atom stereocenters. The van der Waals surface area contributed by atoms with Gasteiger partial charge in [-0.25, -0.2) is 0 Å². The molecule has 3 N–H and O–H groups in total. The number of nitrogen functional groups attached to an aromatic ring is 1. The van der Waals surface area contributed by atoms with Crippen LogP contribution in [0, 0.1) is 0 Å². The highest BCUT2D eigenvalue weighted by atomic mass is 16.5. The Labute approximate surface area is 106 Å². The van der Waals surface area contributed by atoms with Gasteiger partial charge in [-0.1, -0.05) is 0 Å². The number of nitrogens with one attached hydrogen (secondary N) is 1. The number of nitrogens with zero attached hydrogens (tertiary/aromatic N) is 2. The van der Waals surface area contributed by atoms with E-state index in [2.05, 4.69) is 10.4 Å². The number of ether oxygens (including phenoxy) is 2. The third-order valence-electron chi connectivity index (χ3n) is 2.25. The van der Waals surface area contributed by atoms with Gasteiger partial charge in [-0.3, -0.25) is 9.48 Å². The van der Waals surface area contributed by atoms with E-state index in [-0.39, 0.29) is 11.6 Å². The minimum Gasteiger partial charge on any atom is -0.396 e. The molecule has 1 rings (SSSR count). The summed E-state index contributed by atoms with van der Waals surface area (Å²) in [6, 6.07) is 0. The fourth-order valence-corrected chi connectivity index (χ4v) is 1.39. The van der Waals surface area contributed by atoms with E-state index < -0.39 is 0 Å². The zero-order valence-electron chi connectivity index (χ0n) is 10.8. The Morgan fingerprint density at radius 3 is 2.89 bits per heavy atom. The normalized spacial score (nSPS) is 10.6. The highest BCUT2D eigenvalue weighted by molar-refractivity contribution is 5.96. The molecule has 0 bridgehead atoms. The predicted octanol–water partition coefficient (Wildman–Crippen LogP) is -0.215. The fourth-order valence-electron chi connectivity index (χ4n) is 1.39. The van der Waals surface area contributed by atoms with Gasteiger partial charge >= 0.3 is 0 Å². The maximum Gasteiger partial charge on any atom is 0.273 e. The Kier molecular flexibility index (Phi) is 6.16. The van der Waals surface area contributed by atoms with E-state index in [4.69, 9.17) is 15.2 Å². The molecular weight excluding hydrogens is 236 g/mol. The summed E-state index contributed by atoms with van der Waals surface area (Å²) >= 11 is 0. The molecule has 0 saturated heterocycles. The van der Waals surface area contributed by atoms with Crippen LogP contribution in [-0.2, 0) is 16.5 Å². The third-order valence-corrected chi connectivity index (χ3v) is 2.25. The van der Waals surface area contributed by atoms with Crippen molar-refractivity contribution in [2.75, 3.05) is 39.2 Å². The van der Waals surface area contributed by atoms with Crippen LogP contribution in [0.5, 0.6) is 0 Å². The van der Waals surface area contributed by atoms with Gasteiger partial charge < -0.3 is 20.5 Å². The van der Waals surface area contributed by atoms with Gasteiger partial charge in [0, 0.05) is 33.5 Å². The number of carbonyl (C=O) groups is 1. The molecule has 0 fully saturated rings. The summed E-state index contributed by atoms with van der Waals surface area (Å²) in [6.45, 7) is 2.26. The number of rotatable bonds is 8. The molecule has 102 valence electrons. The topological polar surface area (TPSA) is 91.4 Å². The lowest BCUT2D eigenvalue weighted by atomic mass is 10.3. The first kappa shape index (κ1) is 14.5. The second-order valence-electron chi connectivity index (χ2n) is 3.82. The number of methoxy groups -OCH3 is 1. The largest absolute Gasteiger partial charge is 0.396 e. The molecule has 0 unspecified atom stereocenters. The Hall–Kier alpha value is -1.60. The molecule has 1 aromatic rings. The lowest BCUT2D eigenvalue weighted by Gasteiger charge is -2.05. The summed E-state index contributed by atoms with van der Waals surface area (Å²) < 4.78 is 11.6. The van der Waals surface area contributed by atoms with E-state index in [1.165, 1.54) is 4.68 Å². The Morgan fingerprint density at radius 2 is 2.28 bits per heavy atom. The van der Waals surface area contributed by atoms with Crippen molar-refractivity contribution in [2.24, 2.45) is 7.05 Å². The molecule has 0 aromatic carbocycles. The Balaban J connectivity index is 2.16. The van der Waals surface area contributed by atoms with Gasteiger partial charge in [-0.05, 0) is 6.42 Å². The lowest BCUT2D eigenvalue weighted by molar-refractivity contribution is 0.0688. The predicted molar refractivity (Wildman–Crippen MR) is 67.3 cm³/mol. The van der Waals surface area contributed by atoms with Crippen molar-refractivity contribution in [1.29, 1.82) is 0 Å². The van der Waals surface area contributed by atoms with Crippen LogP contribution in [0.15, 0.2) is 6.20 Å². The zero-order chi connectivity index (χ0) is 13.4. The van der Waals surface area contributed by atoms with Crippen LogP contribution < -0.4 is 11.1 Å². The molecule has 0 saturated carbocycles. The summed E-state index contributed by atoms with van der Waals surface area (Å²) in [7, 11) is 3.34. The third kappa shape index (κ3) is 4.72. The van der Waals surface area contributed by atoms with Gasteiger partial charge in [0.1, 0.15) is 0 Å². The highest BCUT2D eigenvalue weighted by Crippen LogP contribution is 2.07. The number of nitrogens with two attached hydrogens (primary N) is 1. The summed E-state index contributed by atoms with van der Waals surface area (Å²) in [4.78, 5) is 11.7. The molecule has 0 radical (unpaired) electrons. The maximum absolute atomic E-state index is 11.7. The first-order valence-corrected chi connectivity index (χ1v) is 5.79. The second-order valence-corrected chi connectivity index (χ2v) is 3.82. The quantitative estimate of drug-likeness (QED) is 0.628. The standard InChI is InChI=1S/C11H20N4O3/c1-15-8-9(12)10(14-15)11(16)13-4-3-5-18-7-6-17-2/h8H,3-7,12H2,1-2H3,(H,13,16). The number of anilines is 1. The van der Waals surface area contributed by atoms with Crippen LogP contribution >= 0.6 is 0 Å². The first-order chi connectivity index (χ1) is 8.65. The zero-order valence-corrected chi connectivity index (χ0v) is 10.8. The SMILES string of the molecule is COCCOCCCNC(=O)c1nn(C)cc1N. The van der Waals surface area contributed by atoms with E-state index >= 15 is 0 Å². The number of hydrogen-bond acceptors (Lipinski definition) is 5. The summed E-state index contributed by atoms with van der Waals surface area (Å²) in [5, 5.41) is 6.72. The van der Waals surface area contributed by atoms with Crippen molar-refractivity contribution in [2.45, 2.75) is 6.42 Å². The monoisotopic (exact) mass is 256 g/mol. The van der Waals surface area contributed by atoms with E-state index in [0.29, 0.717) is 32.1 Å². The highest BCUT2D eigenvalue weighted by Gasteiger charge is 2.12. The molecule has 18 heavy (non-hydrogen) atoms. The molecule has 1 heterocycles. The maximum atomic E-state index is 11.7. The van der Waals surface area contributed by atoms with Crippen LogP contribution in [0.2, 0.25) is 0 Å².